The third-order valence-corrected chi connectivity index (χ3v) is 8.16. The summed E-state index contributed by atoms with van der Waals surface area (Å²) in [5, 5.41) is 80.3. The molecule has 274 valence electrons. The van der Waals surface area contributed by atoms with Crippen molar-refractivity contribution in [3.63, 3.8) is 0 Å². The van der Waals surface area contributed by atoms with Gasteiger partial charge < -0.3 is 64.5 Å². The molecule has 8 N–H and O–H groups in total. The predicted molar refractivity (Wildman–Crippen MR) is 169 cm³/mol. The molecule has 0 aliphatic carbocycles. The summed E-state index contributed by atoms with van der Waals surface area (Å²) < 4.78 is 26.6. The van der Waals surface area contributed by atoms with Gasteiger partial charge in [0.1, 0.15) is 61.5 Å². The van der Waals surface area contributed by atoms with Crippen LogP contribution < -0.4 is 0 Å². The number of carbonyl (C=O) groups is 1. The van der Waals surface area contributed by atoms with Gasteiger partial charge in [-0.2, -0.15) is 0 Å². The van der Waals surface area contributed by atoms with Crippen LogP contribution in [0.3, 0.4) is 0 Å². The Morgan fingerprint density at radius 2 is 1.23 bits per heavy atom. The molecule has 2 rings (SSSR count). The zero-order valence-corrected chi connectivity index (χ0v) is 27.5. The minimum atomic E-state index is -1.73. The lowest BCUT2D eigenvalue weighted by molar-refractivity contribution is -0.332. The average molecular weight is 679 g/mol. The fourth-order valence-corrected chi connectivity index (χ4v) is 5.18. The van der Waals surface area contributed by atoms with Crippen LogP contribution in [0.25, 0.3) is 0 Å². The minimum absolute atomic E-state index is 0.225. The van der Waals surface area contributed by atoms with Crippen molar-refractivity contribution in [2.75, 3.05) is 26.4 Å². The SMILES string of the molecule is CCCCC/C=C\C/C=C\CCCCCCCC(=O)OC[C@H](O)CO[C@@H]1O[C@H](CO[C@H]2O[C@@H](CO)[C@H](O)[C@@H](O)[C@@H]2O)[C@@H](O)[C@H](O)[C@H]1O. The molecule has 0 saturated carbocycles. The summed E-state index contributed by atoms with van der Waals surface area (Å²) in [6.45, 7) is 0.250. The summed E-state index contributed by atoms with van der Waals surface area (Å²) in [5.74, 6) is -0.451. The Hall–Kier alpha value is -1.53. The molecule has 0 aromatic rings. The van der Waals surface area contributed by atoms with Crippen molar-refractivity contribution >= 4 is 5.97 Å². The van der Waals surface area contributed by atoms with E-state index in [-0.39, 0.29) is 13.0 Å². The second-order valence-electron chi connectivity index (χ2n) is 12.2. The quantitative estimate of drug-likeness (QED) is 0.0415. The Bertz CT molecular complexity index is 885. The highest BCUT2D eigenvalue weighted by atomic mass is 16.7. The molecule has 0 bridgehead atoms. The molecular weight excluding hydrogens is 620 g/mol. The number of esters is 1. The Morgan fingerprint density at radius 3 is 1.87 bits per heavy atom. The summed E-state index contributed by atoms with van der Waals surface area (Å²) in [7, 11) is 0. The molecule has 2 aliphatic rings. The largest absolute Gasteiger partial charge is 0.463 e. The molecular formula is C33H58O14. The van der Waals surface area contributed by atoms with Crippen molar-refractivity contribution in [2.45, 2.75) is 151 Å². The van der Waals surface area contributed by atoms with Gasteiger partial charge in [0.25, 0.3) is 0 Å². The summed E-state index contributed by atoms with van der Waals surface area (Å²) in [5.41, 5.74) is 0. The molecule has 14 nitrogen and oxygen atoms in total. The van der Waals surface area contributed by atoms with E-state index in [1.807, 2.05) is 0 Å². The molecule has 0 spiro atoms. The van der Waals surface area contributed by atoms with Crippen molar-refractivity contribution in [1.82, 2.24) is 0 Å². The number of aliphatic hydroxyl groups is 8. The predicted octanol–water partition coefficient (Wildman–Crippen LogP) is 0.345. The minimum Gasteiger partial charge on any atom is -0.463 e. The van der Waals surface area contributed by atoms with E-state index < -0.39 is 93.3 Å². The molecule has 0 radical (unpaired) electrons. The van der Waals surface area contributed by atoms with E-state index in [1.165, 1.54) is 19.3 Å². The first-order chi connectivity index (χ1) is 22.6. The van der Waals surface area contributed by atoms with Gasteiger partial charge in [-0.15, -0.1) is 0 Å². The second-order valence-corrected chi connectivity index (χ2v) is 12.2. The number of rotatable bonds is 23. The summed E-state index contributed by atoms with van der Waals surface area (Å²) in [4.78, 5) is 12.1. The molecule has 47 heavy (non-hydrogen) atoms. The number of hydrogen-bond acceptors (Lipinski definition) is 14. The maximum Gasteiger partial charge on any atom is 0.305 e. The Balaban J connectivity index is 1.58. The monoisotopic (exact) mass is 678 g/mol. The van der Waals surface area contributed by atoms with Crippen molar-refractivity contribution in [3.05, 3.63) is 24.3 Å². The second kappa shape index (κ2) is 23.8. The lowest BCUT2D eigenvalue weighted by atomic mass is 9.98. The van der Waals surface area contributed by atoms with Gasteiger partial charge in [-0.3, -0.25) is 4.79 Å². The molecule has 14 heteroatoms. The number of aliphatic hydroxyl groups excluding tert-OH is 8. The lowest BCUT2D eigenvalue weighted by Crippen LogP contribution is -2.61. The van der Waals surface area contributed by atoms with Crippen LogP contribution in [0.5, 0.6) is 0 Å². The topological polar surface area (TPSA) is 225 Å². The molecule has 0 amide bonds. The zero-order valence-electron chi connectivity index (χ0n) is 27.5. The van der Waals surface area contributed by atoms with Crippen LogP contribution in [0.1, 0.15) is 84.0 Å². The third-order valence-electron chi connectivity index (χ3n) is 8.16. The van der Waals surface area contributed by atoms with Gasteiger partial charge in [0.05, 0.1) is 19.8 Å². The fraction of sp³-hybridized carbons (Fsp3) is 0.848. The molecule has 2 aliphatic heterocycles. The van der Waals surface area contributed by atoms with E-state index in [4.69, 9.17) is 23.7 Å². The van der Waals surface area contributed by atoms with Crippen LogP contribution in [0.15, 0.2) is 24.3 Å². The smallest absolute Gasteiger partial charge is 0.305 e. The van der Waals surface area contributed by atoms with E-state index in [9.17, 15) is 45.6 Å². The van der Waals surface area contributed by atoms with Crippen LogP contribution >= 0.6 is 0 Å². The number of carbonyl (C=O) groups excluding carboxylic acids is 1. The first-order valence-corrected chi connectivity index (χ1v) is 17.0. The highest BCUT2D eigenvalue weighted by Crippen LogP contribution is 2.26. The fourth-order valence-electron chi connectivity index (χ4n) is 5.18. The number of hydrogen-bond donors (Lipinski definition) is 8. The molecule has 0 aromatic carbocycles. The summed E-state index contributed by atoms with van der Waals surface area (Å²) in [6.07, 6.45) is 4.08. The van der Waals surface area contributed by atoms with Crippen LogP contribution in [0, 0.1) is 0 Å². The van der Waals surface area contributed by atoms with E-state index in [0.717, 1.165) is 44.9 Å². The van der Waals surface area contributed by atoms with Crippen LogP contribution in [-0.4, -0.2) is 141 Å². The summed E-state index contributed by atoms with van der Waals surface area (Å²) >= 11 is 0. The molecule has 0 aromatic heterocycles. The van der Waals surface area contributed by atoms with Gasteiger partial charge in [-0.05, 0) is 38.5 Å². The maximum absolute atomic E-state index is 12.1. The molecule has 0 unspecified atom stereocenters. The van der Waals surface area contributed by atoms with E-state index >= 15 is 0 Å². The average Bonchev–Trinajstić information content (AvgIpc) is 3.06. The normalized spacial score (nSPS) is 32.3. The van der Waals surface area contributed by atoms with Crippen molar-refractivity contribution in [1.29, 1.82) is 0 Å². The Morgan fingerprint density at radius 1 is 0.681 bits per heavy atom. The Labute approximate surface area is 277 Å². The molecule has 2 saturated heterocycles. The van der Waals surface area contributed by atoms with Crippen LogP contribution in [0.4, 0.5) is 0 Å². The van der Waals surface area contributed by atoms with Gasteiger partial charge in [-0.25, -0.2) is 0 Å². The first kappa shape index (κ1) is 41.6. The Kier molecular flexibility index (Phi) is 21.1. The number of ether oxygens (including phenoxy) is 5. The molecule has 11 atom stereocenters. The zero-order chi connectivity index (χ0) is 34.6. The highest BCUT2D eigenvalue weighted by Gasteiger charge is 2.47. The van der Waals surface area contributed by atoms with Crippen LogP contribution in [-0.2, 0) is 28.5 Å². The maximum atomic E-state index is 12.1. The highest BCUT2D eigenvalue weighted by molar-refractivity contribution is 5.69. The number of allylic oxidation sites excluding steroid dienone is 4. The number of unbranched alkanes of at least 4 members (excludes halogenated alkanes) is 8. The van der Waals surface area contributed by atoms with Gasteiger partial charge in [0, 0.05) is 6.42 Å². The van der Waals surface area contributed by atoms with E-state index in [2.05, 4.69) is 31.2 Å². The van der Waals surface area contributed by atoms with E-state index in [0.29, 0.717) is 6.42 Å². The standard InChI is InChI=1S/C33H58O14/c1-2-3-4-5-6-7-8-9-10-11-12-13-14-15-16-17-25(36)43-19-22(35)20-44-32-31(42)29(40)27(38)24(47-32)21-45-33-30(41)28(39)26(37)23(18-34)46-33/h6-7,9-10,22-24,26-35,37-42H,2-5,8,11-21H2,1H3/b7-6-,10-9-/t22-,23-,24+,26-,27+,28+,29-,30-,31+,32+,33-/m0/s1. The van der Waals surface area contributed by atoms with Gasteiger partial charge in [0.15, 0.2) is 12.6 Å². The first-order valence-electron chi connectivity index (χ1n) is 17.0. The lowest BCUT2D eigenvalue weighted by Gasteiger charge is -2.42. The third kappa shape index (κ3) is 15.3. The van der Waals surface area contributed by atoms with Crippen molar-refractivity contribution in [3.8, 4) is 0 Å². The van der Waals surface area contributed by atoms with E-state index in [1.54, 1.807) is 0 Å². The van der Waals surface area contributed by atoms with Gasteiger partial charge >= 0.3 is 5.97 Å². The summed E-state index contributed by atoms with van der Waals surface area (Å²) in [6, 6.07) is 0. The molecule has 2 fully saturated rings. The van der Waals surface area contributed by atoms with Crippen molar-refractivity contribution < 1.29 is 69.3 Å². The molecule has 2 heterocycles. The van der Waals surface area contributed by atoms with Gasteiger partial charge in [0.2, 0.25) is 0 Å². The van der Waals surface area contributed by atoms with Crippen molar-refractivity contribution in [2.24, 2.45) is 0 Å². The van der Waals surface area contributed by atoms with Crippen LogP contribution in [0.2, 0.25) is 0 Å². The van der Waals surface area contributed by atoms with Gasteiger partial charge in [-0.1, -0.05) is 63.3 Å².